The summed E-state index contributed by atoms with van der Waals surface area (Å²) >= 11 is 0. The fourth-order valence-corrected chi connectivity index (χ4v) is 1.79. The number of hydrogen-bond donors (Lipinski definition) is 1. The molecular formula is C14H11F3O. The van der Waals surface area contributed by atoms with Gasteiger partial charge in [0.2, 0.25) is 0 Å². The third kappa shape index (κ3) is 2.54. The fourth-order valence-electron chi connectivity index (χ4n) is 1.79. The van der Waals surface area contributed by atoms with Gasteiger partial charge in [-0.25, -0.2) is 0 Å². The summed E-state index contributed by atoms with van der Waals surface area (Å²) in [5.74, 6) is 0. The van der Waals surface area contributed by atoms with Gasteiger partial charge < -0.3 is 5.11 Å². The van der Waals surface area contributed by atoms with Crippen molar-refractivity contribution in [3.63, 3.8) is 0 Å². The number of rotatable bonds is 2. The smallest absolute Gasteiger partial charge is 0.392 e. The summed E-state index contributed by atoms with van der Waals surface area (Å²) in [5.41, 5.74) is 0.350. The second-order valence-corrected chi connectivity index (χ2v) is 3.90. The molecule has 0 fully saturated rings. The van der Waals surface area contributed by atoms with E-state index in [9.17, 15) is 13.2 Å². The van der Waals surface area contributed by atoms with Crippen LogP contribution in [0.3, 0.4) is 0 Å². The molecule has 0 aliphatic heterocycles. The minimum absolute atomic E-state index is 0.0923. The lowest BCUT2D eigenvalue weighted by atomic mass is 9.97. The first-order valence-corrected chi connectivity index (χ1v) is 5.39. The molecule has 1 nitrogen and oxygen atoms in total. The van der Waals surface area contributed by atoms with Crippen LogP contribution >= 0.6 is 0 Å². The first-order valence-electron chi connectivity index (χ1n) is 5.39. The predicted molar refractivity (Wildman–Crippen MR) is 62.8 cm³/mol. The third-order valence-electron chi connectivity index (χ3n) is 2.66. The Hall–Kier alpha value is -1.81. The maximum Gasteiger partial charge on any atom is 0.417 e. The van der Waals surface area contributed by atoms with Gasteiger partial charge in [-0.3, -0.25) is 0 Å². The highest BCUT2D eigenvalue weighted by Gasteiger charge is 2.33. The number of hydrogen-bond acceptors (Lipinski definition) is 1. The Morgan fingerprint density at radius 1 is 0.944 bits per heavy atom. The van der Waals surface area contributed by atoms with E-state index in [1.54, 1.807) is 30.3 Å². The van der Waals surface area contributed by atoms with Crippen LogP contribution in [-0.2, 0) is 12.8 Å². The largest absolute Gasteiger partial charge is 0.417 e. The van der Waals surface area contributed by atoms with E-state index in [0.717, 1.165) is 6.07 Å². The predicted octanol–water partition coefficient (Wildman–Crippen LogP) is 3.86. The van der Waals surface area contributed by atoms with Crippen molar-refractivity contribution in [2.75, 3.05) is 0 Å². The van der Waals surface area contributed by atoms with Crippen LogP contribution < -0.4 is 0 Å². The molecule has 0 saturated carbocycles. The first kappa shape index (κ1) is 12.6. The fraction of sp³-hybridized carbons (Fsp3) is 0.143. The van der Waals surface area contributed by atoms with E-state index in [0.29, 0.717) is 11.1 Å². The standard InChI is InChI=1S/C14H11F3O/c15-14(16,17)13-7-6-10(9-18)8-12(13)11-4-2-1-3-5-11/h1-8,18H,9H2. The maximum atomic E-state index is 12.9. The van der Waals surface area contributed by atoms with Crippen molar-refractivity contribution in [2.45, 2.75) is 12.8 Å². The Morgan fingerprint density at radius 3 is 2.17 bits per heavy atom. The van der Waals surface area contributed by atoms with Crippen LogP contribution in [0.25, 0.3) is 11.1 Å². The maximum absolute atomic E-state index is 12.9. The highest BCUT2D eigenvalue weighted by atomic mass is 19.4. The summed E-state index contributed by atoms with van der Waals surface area (Å²) in [5, 5.41) is 9.02. The van der Waals surface area contributed by atoms with Gasteiger partial charge in [0, 0.05) is 0 Å². The normalized spacial score (nSPS) is 11.6. The Kier molecular flexibility index (Phi) is 3.39. The summed E-state index contributed by atoms with van der Waals surface area (Å²) in [6.07, 6.45) is -4.40. The van der Waals surface area contributed by atoms with E-state index >= 15 is 0 Å². The lowest BCUT2D eigenvalue weighted by molar-refractivity contribution is -0.137. The Labute approximate surface area is 103 Å². The molecule has 0 atom stereocenters. The van der Waals surface area contributed by atoms with Crippen LogP contribution in [0.4, 0.5) is 13.2 Å². The average Bonchev–Trinajstić information content (AvgIpc) is 2.38. The van der Waals surface area contributed by atoms with Crippen molar-refractivity contribution >= 4 is 0 Å². The Balaban J connectivity index is 2.62. The first-order chi connectivity index (χ1) is 8.52. The van der Waals surface area contributed by atoms with Crippen LogP contribution in [0, 0.1) is 0 Å². The van der Waals surface area contributed by atoms with Gasteiger partial charge in [0.25, 0.3) is 0 Å². The van der Waals surface area contributed by atoms with E-state index in [4.69, 9.17) is 5.11 Å². The minimum Gasteiger partial charge on any atom is -0.392 e. The molecule has 0 unspecified atom stereocenters. The van der Waals surface area contributed by atoms with Crippen molar-refractivity contribution in [1.29, 1.82) is 0 Å². The van der Waals surface area contributed by atoms with Crippen molar-refractivity contribution in [3.8, 4) is 11.1 Å². The summed E-state index contributed by atoms with van der Waals surface area (Å²) in [6, 6.07) is 12.0. The quantitative estimate of drug-likeness (QED) is 0.860. The molecule has 2 aromatic carbocycles. The minimum atomic E-state index is -4.40. The molecule has 0 aliphatic carbocycles. The SMILES string of the molecule is OCc1ccc(C(F)(F)F)c(-c2ccccc2)c1. The van der Waals surface area contributed by atoms with Crippen LogP contribution in [0.2, 0.25) is 0 Å². The molecule has 0 heterocycles. The van der Waals surface area contributed by atoms with Gasteiger partial charge in [-0.1, -0.05) is 36.4 Å². The highest BCUT2D eigenvalue weighted by Crippen LogP contribution is 2.37. The van der Waals surface area contributed by atoms with Crippen molar-refractivity contribution in [1.82, 2.24) is 0 Å². The van der Waals surface area contributed by atoms with Gasteiger partial charge in [0.15, 0.2) is 0 Å². The third-order valence-corrected chi connectivity index (χ3v) is 2.66. The Bertz CT molecular complexity index is 532. The average molecular weight is 252 g/mol. The molecule has 4 heteroatoms. The van der Waals surface area contributed by atoms with Gasteiger partial charge in [-0.15, -0.1) is 0 Å². The van der Waals surface area contributed by atoms with Crippen molar-refractivity contribution < 1.29 is 18.3 Å². The second-order valence-electron chi connectivity index (χ2n) is 3.90. The number of aliphatic hydroxyl groups is 1. The molecule has 0 amide bonds. The molecule has 0 radical (unpaired) electrons. The highest BCUT2D eigenvalue weighted by molar-refractivity contribution is 5.68. The molecule has 0 aromatic heterocycles. The van der Waals surface area contributed by atoms with Crippen molar-refractivity contribution in [3.05, 3.63) is 59.7 Å². The molecule has 94 valence electrons. The zero-order valence-corrected chi connectivity index (χ0v) is 9.41. The van der Waals surface area contributed by atoms with E-state index in [1.807, 2.05) is 0 Å². The molecule has 1 N–H and O–H groups in total. The number of halogens is 3. The zero-order valence-electron chi connectivity index (χ0n) is 9.41. The lowest BCUT2D eigenvalue weighted by Crippen LogP contribution is -2.07. The molecule has 2 aromatic rings. The summed E-state index contributed by atoms with van der Waals surface area (Å²) in [7, 11) is 0. The molecule has 0 spiro atoms. The van der Waals surface area contributed by atoms with E-state index < -0.39 is 11.7 Å². The summed E-state index contributed by atoms with van der Waals surface area (Å²) in [4.78, 5) is 0. The Morgan fingerprint density at radius 2 is 1.61 bits per heavy atom. The van der Waals surface area contributed by atoms with Crippen LogP contribution in [0.1, 0.15) is 11.1 Å². The van der Waals surface area contributed by atoms with Crippen molar-refractivity contribution in [2.24, 2.45) is 0 Å². The van der Waals surface area contributed by atoms with Gasteiger partial charge in [-0.05, 0) is 28.8 Å². The van der Waals surface area contributed by atoms with Crippen LogP contribution in [0.15, 0.2) is 48.5 Å². The van der Waals surface area contributed by atoms with Crippen LogP contribution in [0.5, 0.6) is 0 Å². The topological polar surface area (TPSA) is 20.2 Å². The summed E-state index contributed by atoms with van der Waals surface area (Å²) in [6.45, 7) is -0.280. The molecule has 0 bridgehead atoms. The summed E-state index contributed by atoms with van der Waals surface area (Å²) < 4.78 is 38.7. The van der Waals surface area contributed by atoms with E-state index in [2.05, 4.69) is 0 Å². The van der Waals surface area contributed by atoms with Gasteiger partial charge in [-0.2, -0.15) is 13.2 Å². The monoisotopic (exact) mass is 252 g/mol. The number of benzene rings is 2. The molecule has 2 rings (SSSR count). The van der Waals surface area contributed by atoms with Gasteiger partial charge in [0.1, 0.15) is 0 Å². The van der Waals surface area contributed by atoms with E-state index in [1.165, 1.54) is 12.1 Å². The van der Waals surface area contributed by atoms with E-state index in [-0.39, 0.29) is 12.2 Å². The second kappa shape index (κ2) is 4.82. The number of aliphatic hydroxyl groups excluding tert-OH is 1. The zero-order chi connectivity index (χ0) is 13.2. The van der Waals surface area contributed by atoms with Gasteiger partial charge in [0.05, 0.1) is 12.2 Å². The van der Waals surface area contributed by atoms with Crippen LogP contribution in [-0.4, -0.2) is 5.11 Å². The lowest BCUT2D eigenvalue weighted by Gasteiger charge is -2.14. The molecule has 18 heavy (non-hydrogen) atoms. The molecule has 0 aliphatic rings. The molecular weight excluding hydrogens is 241 g/mol. The van der Waals surface area contributed by atoms with Gasteiger partial charge >= 0.3 is 6.18 Å². The number of alkyl halides is 3. The molecule has 0 saturated heterocycles.